The summed E-state index contributed by atoms with van der Waals surface area (Å²) in [5.41, 5.74) is 0. The minimum Gasteiger partial charge on any atom is -0.424 e. The molecular formula is C18H8Cl4N6O4S. The average Bonchev–Trinajstić information content (AvgIpc) is 2.73. The van der Waals surface area contributed by atoms with E-state index in [0.29, 0.717) is 0 Å². The zero-order valence-electron chi connectivity index (χ0n) is 15.9. The Morgan fingerprint density at radius 2 is 0.818 bits per heavy atom. The van der Waals surface area contributed by atoms with Gasteiger partial charge < -0.3 is 9.47 Å². The molecule has 15 heteroatoms. The molecule has 0 N–H and O–H groups in total. The van der Waals surface area contributed by atoms with Crippen LogP contribution in [0.3, 0.4) is 0 Å². The second-order valence-corrected chi connectivity index (χ2v) is 9.26. The van der Waals surface area contributed by atoms with Gasteiger partial charge in [-0.25, -0.2) is 8.42 Å². The minimum absolute atomic E-state index is 0.0336. The van der Waals surface area contributed by atoms with Crippen LogP contribution in [0.1, 0.15) is 0 Å². The Bertz CT molecular complexity index is 1280. The van der Waals surface area contributed by atoms with Crippen molar-refractivity contribution in [1.82, 2.24) is 29.9 Å². The van der Waals surface area contributed by atoms with Crippen LogP contribution in [-0.2, 0) is 9.84 Å². The highest BCUT2D eigenvalue weighted by Gasteiger charge is 2.18. The van der Waals surface area contributed by atoms with E-state index in [1.807, 2.05) is 0 Å². The fraction of sp³-hybridized carbons (Fsp3) is 0. The highest BCUT2D eigenvalue weighted by molar-refractivity contribution is 7.91. The normalized spacial score (nSPS) is 11.3. The number of nitrogens with zero attached hydrogens (tertiary/aromatic N) is 6. The molecular weight excluding hydrogens is 538 g/mol. The number of aromatic nitrogens is 6. The van der Waals surface area contributed by atoms with E-state index in [4.69, 9.17) is 55.9 Å². The van der Waals surface area contributed by atoms with Crippen molar-refractivity contribution in [3.8, 4) is 23.5 Å². The number of hydrogen-bond acceptors (Lipinski definition) is 10. The maximum Gasteiger partial charge on any atom is 0.327 e. The van der Waals surface area contributed by atoms with Crippen molar-refractivity contribution >= 4 is 56.2 Å². The molecule has 0 aliphatic heterocycles. The van der Waals surface area contributed by atoms with Gasteiger partial charge in [-0.2, -0.15) is 29.9 Å². The van der Waals surface area contributed by atoms with E-state index in [1.54, 1.807) is 0 Å². The Labute approximate surface area is 206 Å². The second kappa shape index (κ2) is 9.57. The van der Waals surface area contributed by atoms with Gasteiger partial charge in [-0.3, -0.25) is 0 Å². The first-order valence-corrected chi connectivity index (χ1v) is 11.6. The Morgan fingerprint density at radius 3 is 1.12 bits per heavy atom. The van der Waals surface area contributed by atoms with Crippen LogP contribution in [-0.4, -0.2) is 38.3 Å². The number of rotatable bonds is 6. The van der Waals surface area contributed by atoms with Crippen molar-refractivity contribution in [3.05, 3.63) is 69.7 Å². The molecule has 0 saturated carbocycles. The first kappa shape index (κ1) is 23.3. The highest BCUT2D eigenvalue weighted by Crippen LogP contribution is 2.28. The molecule has 0 unspecified atom stereocenters. The van der Waals surface area contributed by atoms with Gasteiger partial charge in [0.1, 0.15) is 11.5 Å². The Balaban J connectivity index is 1.50. The van der Waals surface area contributed by atoms with Gasteiger partial charge in [0.15, 0.2) is 0 Å². The fourth-order valence-electron chi connectivity index (χ4n) is 2.43. The summed E-state index contributed by atoms with van der Waals surface area (Å²) in [7, 11) is -3.82. The Kier molecular flexibility index (Phi) is 6.77. The van der Waals surface area contributed by atoms with Crippen LogP contribution in [0, 0.1) is 0 Å². The summed E-state index contributed by atoms with van der Waals surface area (Å²) in [4.78, 5) is 22.4. The van der Waals surface area contributed by atoms with Crippen molar-refractivity contribution in [1.29, 1.82) is 0 Å². The SMILES string of the molecule is O=S(=O)(c1ccc(Oc2nc(Cl)nc(Cl)n2)cc1)c1ccc(Oc2nc(Cl)nc(Cl)n2)cc1. The zero-order chi connectivity index (χ0) is 23.6. The van der Waals surface area contributed by atoms with Crippen LogP contribution in [0.25, 0.3) is 0 Å². The quantitative estimate of drug-likeness (QED) is 0.323. The monoisotopic (exact) mass is 544 g/mol. The largest absolute Gasteiger partial charge is 0.424 e. The summed E-state index contributed by atoms with van der Waals surface area (Å²) in [5, 5.41) is -0.562. The summed E-state index contributed by atoms with van der Waals surface area (Å²) < 4.78 is 36.7. The smallest absolute Gasteiger partial charge is 0.327 e. The van der Waals surface area contributed by atoms with Gasteiger partial charge in [0.05, 0.1) is 9.79 Å². The minimum atomic E-state index is -3.82. The predicted octanol–water partition coefficient (Wildman–Crippen LogP) is 5.09. The van der Waals surface area contributed by atoms with E-state index >= 15 is 0 Å². The molecule has 0 saturated heterocycles. The molecule has 0 aliphatic rings. The number of halogens is 4. The molecule has 0 fully saturated rings. The van der Waals surface area contributed by atoms with Crippen LogP contribution in [0.2, 0.25) is 21.1 Å². The summed E-state index contributed by atoms with van der Waals surface area (Å²) in [6.07, 6.45) is 0. The van der Waals surface area contributed by atoms with E-state index in [9.17, 15) is 8.42 Å². The lowest BCUT2D eigenvalue weighted by Gasteiger charge is -2.08. The molecule has 2 heterocycles. The first-order valence-electron chi connectivity index (χ1n) is 8.64. The molecule has 168 valence electrons. The van der Waals surface area contributed by atoms with Gasteiger partial charge in [-0.15, -0.1) is 0 Å². The third kappa shape index (κ3) is 5.75. The first-order chi connectivity index (χ1) is 15.7. The number of ether oxygens (including phenoxy) is 2. The van der Waals surface area contributed by atoms with Gasteiger partial charge in [-0.1, -0.05) is 0 Å². The predicted molar refractivity (Wildman–Crippen MR) is 118 cm³/mol. The van der Waals surface area contributed by atoms with Crippen molar-refractivity contribution in [3.63, 3.8) is 0 Å². The van der Waals surface area contributed by atoms with E-state index in [1.165, 1.54) is 48.5 Å². The average molecular weight is 546 g/mol. The van der Waals surface area contributed by atoms with E-state index < -0.39 is 9.84 Å². The maximum absolute atomic E-state index is 12.9. The molecule has 0 spiro atoms. The van der Waals surface area contributed by atoms with Crippen LogP contribution in [0.15, 0.2) is 58.3 Å². The molecule has 0 amide bonds. The van der Waals surface area contributed by atoms with Crippen molar-refractivity contribution in [2.75, 3.05) is 0 Å². The van der Waals surface area contributed by atoms with Gasteiger partial charge >= 0.3 is 12.0 Å². The molecule has 0 aliphatic carbocycles. The third-order valence-corrected chi connectivity index (χ3v) is 6.27. The summed E-state index contributed by atoms with van der Waals surface area (Å²) in [6.45, 7) is 0. The van der Waals surface area contributed by atoms with E-state index in [2.05, 4.69) is 29.9 Å². The molecule has 0 radical (unpaired) electrons. The van der Waals surface area contributed by atoms with Crippen LogP contribution in [0.5, 0.6) is 23.5 Å². The lowest BCUT2D eigenvalue weighted by Crippen LogP contribution is -2.02. The Hall–Kier alpha value is -2.83. The summed E-state index contributed by atoms with van der Waals surface area (Å²) in [5.74, 6) is 0.538. The zero-order valence-corrected chi connectivity index (χ0v) is 19.7. The second-order valence-electron chi connectivity index (χ2n) is 5.96. The topological polar surface area (TPSA) is 130 Å². The number of benzene rings is 2. The number of hydrogen-bond donors (Lipinski definition) is 0. The Morgan fingerprint density at radius 1 is 0.515 bits per heavy atom. The molecule has 2 aromatic carbocycles. The van der Waals surface area contributed by atoms with Crippen molar-refractivity contribution in [2.45, 2.75) is 9.79 Å². The van der Waals surface area contributed by atoms with Crippen LogP contribution >= 0.6 is 46.4 Å². The van der Waals surface area contributed by atoms with Crippen LogP contribution in [0.4, 0.5) is 0 Å². The molecule has 33 heavy (non-hydrogen) atoms. The summed E-state index contributed by atoms with van der Waals surface area (Å²) >= 11 is 22.8. The fourth-order valence-corrected chi connectivity index (χ4v) is 4.39. The van der Waals surface area contributed by atoms with Gasteiger partial charge in [0.2, 0.25) is 31.0 Å². The van der Waals surface area contributed by atoms with Crippen molar-refractivity contribution < 1.29 is 17.9 Å². The summed E-state index contributed by atoms with van der Waals surface area (Å²) in [6, 6.07) is 11.0. The van der Waals surface area contributed by atoms with Gasteiger partial charge in [-0.05, 0) is 94.9 Å². The van der Waals surface area contributed by atoms with Crippen molar-refractivity contribution in [2.24, 2.45) is 0 Å². The molecule has 10 nitrogen and oxygen atoms in total. The van der Waals surface area contributed by atoms with Gasteiger partial charge in [0.25, 0.3) is 0 Å². The molecule has 0 atom stereocenters. The number of sulfone groups is 1. The maximum atomic E-state index is 12.9. The molecule has 4 rings (SSSR count). The molecule has 2 aromatic heterocycles. The highest BCUT2D eigenvalue weighted by atomic mass is 35.5. The lowest BCUT2D eigenvalue weighted by atomic mass is 10.3. The van der Waals surface area contributed by atoms with E-state index in [-0.39, 0.29) is 54.4 Å². The standard InChI is InChI=1S/C18H8Cl4N6O4S/c19-13-23-14(20)26-17(25-13)31-9-1-5-11(6-2-9)33(29,30)12-7-3-10(4-8-12)32-18-27-15(21)24-16(22)28-18/h1-8H. The lowest BCUT2D eigenvalue weighted by molar-refractivity contribution is 0.439. The van der Waals surface area contributed by atoms with Crippen LogP contribution < -0.4 is 9.47 Å². The molecule has 4 aromatic rings. The molecule has 0 bridgehead atoms. The van der Waals surface area contributed by atoms with Gasteiger partial charge in [0, 0.05) is 0 Å². The third-order valence-electron chi connectivity index (χ3n) is 3.81. The van der Waals surface area contributed by atoms with E-state index in [0.717, 1.165) is 0 Å².